The molecule has 1 heterocycles. The van der Waals surface area contributed by atoms with Gasteiger partial charge in [-0.1, -0.05) is 37.6 Å². The first kappa shape index (κ1) is 16.6. The molecule has 0 amide bonds. The van der Waals surface area contributed by atoms with E-state index in [4.69, 9.17) is 0 Å². The van der Waals surface area contributed by atoms with Gasteiger partial charge in [-0.2, -0.15) is 0 Å². The van der Waals surface area contributed by atoms with E-state index in [9.17, 15) is 5.11 Å². The minimum atomic E-state index is -0.438. The fourth-order valence-electron chi connectivity index (χ4n) is 3.34. The number of aliphatic hydroxyl groups excluding tert-OH is 1. The normalized spacial score (nSPS) is 33.4. The maximum absolute atomic E-state index is 9.69. The van der Waals surface area contributed by atoms with Gasteiger partial charge in [0.2, 0.25) is 0 Å². The predicted octanol–water partition coefficient (Wildman–Crippen LogP) is 2.96. The minimum Gasteiger partial charge on any atom is -0.631 e. The monoisotopic (exact) mass is 584 g/mol. The molecule has 1 fully saturated rings. The Morgan fingerprint density at radius 3 is 2.72 bits per heavy atom. The van der Waals surface area contributed by atoms with Crippen LogP contribution in [0.2, 0.25) is 0 Å². The first-order chi connectivity index (χ1) is 7.69. The Morgan fingerprint density at radius 2 is 1.94 bits per heavy atom. The molecule has 3 rings (SSSR count). The van der Waals surface area contributed by atoms with Crippen molar-refractivity contribution in [3.8, 4) is 0 Å². The third-order valence-corrected chi connectivity index (χ3v) is 4.24. The molecule has 2 aliphatic rings. The molecule has 0 saturated carbocycles. The van der Waals surface area contributed by atoms with E-state index in [1.807, 2.05) is 0 Å². The summed E-state index contributed by atoms with van der Waals surface area (Å²) in [5.41, 5.74) is 2.91. The van der Waals surface area contributed by atoms with E-state index in [0.717, 1.165) is 25.7 Å². The molecule has 3 atom stereocenters. The molecule has 0 aromatic heterocycles. The molecule has 1 aliphatic heterocycles. The van der Waals surface area contributed by atoms with Crippen molar-refractivity contribution in [2.24, 2.45) is 0 Å². The first-order valence-corrected chi connectivity index (χ1v) is 6.17. The summed E-state index contributed by atoms with van der Waals surface area (Å²) in [6.07, 6.45) is 3.62. The summed E-state index contributed by atoms with van der Waals surface area (Å²) in [5, 5.41) is 14.3. The van der Waals surface area contributed by atoms with Gasteiger partial charge in [-0.15, -0.1) is 5.54 Å². The van der Waals surface area contributed by atoms with Crippen LogP contribution in [0.25, 0.3) is 5.32 Å². The van der Waals surface area contributed by atoms with E-state index in [-0.39, 0.29) is 47.7 Å². The Bertz CT molecular complexity index is 413. The summed E-state index contributed by atoms with van der Waals surface area (Å²) in [6.45, 7) is 2.20. The molecule has 1 N–H and O–H groups in total. The van der Waals surface area contributed by atoms with Gasteiger partial charge in [-0.25, -0.2) is 0 Å². The van der Waals surface area contributed by atoms with Crippen molar-refractivity contribution in [1.29, 1.82) is 0 Å². The Morgan fingerprint density at radius 1 is 1.22 bits per heavy atom. The topological polar surface area (TPSA) is 34.3 Å². The quantitative estimate of drug-likeness (QED) is 0.501. The van der Waals surface area contributed by atoms with E-state index in [0.29, 0.717) is 5.92 Å². The van der Waals surface area contributed by atoms with Gasteiger partial charge in [0.1, 0.15) is 0 Å². The van der Waals surface area contributed by atoms with Crippen molar-refractivity contribution in [3.63, 3.8) is 0 Å². The van der Waals surface area contributed by atoms with E-state index in [1.165, 1.54) is 11.1 Å². The van der Waals surface area contributed by atoms with Crippen LogP contribution in [-0.2, 0) is 48.6 Å². The molecule has 98 valence electrons. The average molecular weight is 584 g/mol. The molecular formula is C14H18NOW2-. The summed E-state index contributed by atoms with van der Waals surface area (Å²) < 4.78 is 0. The second-order valence-corrected chi connectivity index (χ2v) is 5.30. The molecule has 2 nitrogen and oxygen atoms in total. The van der Waals surface area contributed by atoms with Gasteiger partial charge in [0.05, 0.1) is 0 Å². The Balaban J connectivity index is 0.000000810. The first-order valence-electron chi connectivity index (χ1n) is 6.17. The number of benzene rings is 1. The number of aliphatic hydroxyl groups is 1. The summed E-state index contributed by atoms with van der Waals surface area (Å²) in [4.78, 5) is 0. The van der Waals surface area contributed by atoms with Crippen LogP contribution < -0.4 is 0 Å². The van der Waals surface area contributed by atoms with Crippen LogP contribution in [0.1, 0.15) is 43.2 Å². The Kier molecular flexibility index (Phi) is 5.81. The zero-order valence-corrected chi connectivity index (χ0v) is 16.4. The zero-order valence-electron chi connectivity index (χ0n) is 10.5. The van der Waals surface area contributed by atoms with Gasteiger partial charge in [0.25, 0.3) is 0 Å². The number of aryl methyl sites for hydroxylation is 1. The summed E-state index contributed by atoms with van der Waals surface area (Å²) >= 11 is 0. The Labute approximate surface area is 137 Å². The van der Waals surface area contributed by atoms with Crippen molar-refractivity contribution in [2.45, 2.75) is 50.3 Å². The van der Waals surface area contributed by atoms with Gasteiger partial charge in [0, 0.05) is 42.1 Å². The van der Waals surface area contributed by atoms with E-state index >= 15 is 0 Å². The predicted molar refractivity (Wildman–Crippen MR) is 64.5 cm³/mol. The molecule has 3 unspecified atom stereocenters. The van der Waals surface area contributed by atoms with Gasteiger partial charge in [0.15, 0.2) is 0 Å². The molecule has 0 spiro atoms. The molecule has 0 bridgehead atoms. The van der Waals surface area contributed by atoms with Crippen LogP contribution in [0.15, 0.2) is 24.3 Å². The molecule has 4 heteroatoms. The standard InChI is InChI=1S/C14H18NO.2W/c1-14-9-8-10-4-2-3-5-11(10)12(14)6-7-13(16)15-14;;/h2-5,12-13,16H,6-9H2,1H3;;/q-1;;. The fourth-order valence-corrected chi connectivity index (χ4v) is 3.34. The maximum atomic E-state index is 9.69. The maximum Gasteiger partial charge on any atom is 0 e. The van der Waals surface area contributed by atoms with E-state index in [2.05, 4.69) is 36.5 Å². The van der Waals surface area contributed by atoms with Crippen molar-refractivity contribution in [3.05, 3.63) is 40.7 Å². The SMILES string of the molecule is CC12CCc3ccccc3C1CCC(O)[N-]2.[W].[W]. The summed E-state index contributed by atoms with van der Waals surface area (Å²) in [6, 6.07) is 8.72. The van der Waals surface area contributed by atoms with Crippen molar-refractivity contribution in [2.75, 3.05) is 0 Å². The molecule has 1 aromatic rings. The zero-order chi connectivity index (χ0) is 11.2. The van der Waals surface area contributed by atoms with Gasteiger partial charge < -0.3 is 10.4 Å². The van der Waals surface area contributed by atoms with Crippen molar-refractivity contribution < 1.29 is 47.2 Å². The molecular weight excluding hydrogens is 566 g/mol. The van der Waals surface area contributed by atoms with Crippen molar-refractivity contribution in [1.82, 2.24) is 0 Å². The van der Waals surface area contributed by atoms with E-state index in [1.54, 1.807) is 0 Å². The van der Waals surface area contributed by atoms with Crippen LogP contribution in [0.5, 0.6) is 0 Å². The molecule has 18 heavy (non-hydrogen) atoms. The average Bonchev–Trinajstić information content (AvgIpc) is 2.27. The van der Waals surface area contributed by atoms with E-state index < -0.39 is 6.23 Å². The molecule has 0 radical (unpaired) electrons. The number of hydrogen-bond donors (Lipinski definition) is 1. The third kappa shape index (κ3) is 2.83. The number of nitrogens with zero attached hydrogens (tertiary/aromatic N) is 1. The second-order valence-electron chi connectivity index (χ2n) is 5.30. The minimum absolute atomic E-state index is 0. The summed E-state index contributed by atoms with van der Waals surface area (Å²) in [5.74, 6) is 0.515. The number of hydrogen-bond acceptors (Lipinski definition) is 1. The Hall–Kier alpha value is 0.517. The summed E-state index contributed by atoms with van der Waals surface area (Å²) in [7, 11) is 0. The molecule has 1 aliphatic carbocycles. The number of fused-ring (bicyclic) bond motifs is 3. The molecule has 1 aromatic carbocycles. The molecule has 1 saturated heterocycles. The van der Waals surface area contributed by atoms with Crippen LogP contribution in [0.4, 0.5) is 0 Å². The largest absolute Gasteiger partial charge is 0.631 e. The van der Waals surface area contributed by atoms with Crippen LogP contribution >= 0.6 is 0 Å². The fraction of sp³-hybridized carbons (Fsp3) is 0.571. The van der Waals surface area contributed by atoms with Crippen LogP contribution in [-0.4, -0.2) is 16.9 Å². The van der Waals surface area contributed by atoms with Crippen molar-refractivity contribution >= 4 is 0 Å². The number of piperidine rings is 1. The number of rotatable bonds is 0. The van der Waals surface area contributed by atoms with Crippen LogP contribution in [0.3, 0.4) is 0 Å². The van der Waals surface area contributed by atoms with Gasteiger partial charge in [-0.3, -0.25) is 0 Å². The van der Waals surface area contributed by atoms with Gasteiger partial charge >= 0.3 is 0 Å². The smallest absolute Gasteiger partial charge is 0 e. The van der Waals surface area contributed by atoms with Crippen LogP contribution in [0, 0.1) is 0 Å². The third-order valence-electron chi connectivity index (χ3n) is 4.24. The van der Waals surface area contributed by atoms with Gasteiger partial charge in [-0.05, 0) is 42.5 Å². The second kappa shape index (κ2) is 6.31.